The summed E-state index contributed by atoms with van der Waals surface area (Å²) in [6.07, 6.45) is 1.44. The summed E-state index contributed by atoms with van der Waals surface area (Å²) in [5, 5.41) is 2.24. The number of amides is 3. The number of hydrogen-bond acceptors (Lipinski definition) is 6. The maximum absolute atomic E-state index is 15.6. The summed E-state index contributed by atoms with van der Waals surface area (Å²) in [6, 6.07) is 5.73. The van der Waals surface area contributed by atoms with Gasteiger partial charge < -0.3 is 10.6 Å². The number of aromatic nitrogens is 1. The molecule has 6 rings (SSSR count). The minimum atomic E-state index is -2.51. The minimum absolute atomic E-state index is 0.0190. The summed E-state index contributed by atoms with van der Waals surface area (Å²) in [7, 11) is 0. The summed E-state index contributed by atoms with van der Waals surface area (Å²) in [4.78, 5) is 44.7. The standard InChI is InChI=1S/C28H30F3N5O3/c29-24-19(3-2-18-20(24)14-36(27(18)39)22-5-6-23(37)34-26(22)38)21-4-1-16(25(32)33-21)11-35-12-17(13-35)15-7-9-28(30,31)10-8-15/h1-4,15,17,22H,5-14H2,(H2,32,33)(H,34,37,38)/t22-/m0/s1. The largest absolute Gasteiger partial charge is 0.383 e. The molecular formula is C28H30F3N5O3. The number of nitrogen functional groups attached to an aromatic ring is 1. The fourth-order valence-corrected chi connectivity index (χ4v) is 6.40. The number of pyridine rings is 1. The molecule has 39 heavy (non-hydrogen) atoms. The molecule has 11 heteroatoms. The highest BCUT2D eigenvalue weighted by Gasteiger charge is 2.42. The van der Waals surface area contributed by atoms with Crippen LogP contribution in [0.2, 0.25) is 0 Å². The Morgan fingerprint density at radius 2 is 1.72 bits per heavy atom. The van der Waals surface area contributed by atoms with Crippen molar-refractivity contribution in [3.05, 3.63) is 46.8 Å². The third-order valence-corrected chi connectivity index (χ3v) is 8.75. The molecule has 3 amide bonds. The number of halogens is 3. The van der Waals surface area contributed by atoms with Crippen molar-refractivity contribution in [1.82, 2.24) is 20.1 Å². The number of nitrogens with one attached hydrogen (secondary N) is 1. The molecule has 0 bridgehead atoms. The topological polar surface area (TPSA) is 109 Å². The van der Waals surface area contributed by atoms with Crippen LogP contribution in [0.25, 0.3) is 11.3 Å². The van der Waals surface area contributed by atoms with Gasteiger partial charge in [0, 0.05) is 61.2 Å². The second-order valence-corrected chi connectivity index (χ2v) is 11.2. The first-order valence-electron chi connectivity index (χ1n) is 13.4. The predicted molar refractivity (Wildman–Crippen MR) is 136 cm³/mol. The number of carbonyl (C=O) groups excluding carboxylic acids is 3. The average Bonchev–Trinajstić information content (AvgIpc) is 3.20. The van der Waals surface area contributed by atoms with Gasteiger partial charge in [-0.2, -0.15) is 0 Å². The van der Waals surface area contributed by atoms with E-state index < -0.39 is 29.6 Å². The second-order valence-electron chi connectivity index (χ2n) is 11.2. The molecule has 1 aromatic carbocycles. The van der Waals surface area contributed by atoms with Gasteiger partial charge in [0.05, 0.1) is 12.2 Å². The molecular weight excluding hydrogens is 511 g/mol. The summed E-state index contributed by atoms with van der Waals surface area (Å²) in [5.74, 6) is -3.41. The lowest BCUT2D eigenvalue weighted by Gasteiger charge is -2.45. The normalized spacial score (nSPS) is 24.0. The van der Waals surface area contributed by atoms with E-state index in [-0.39, 0.29) is 60.6 Å². The minimum Gasteiger partial charge on any atom is -0.383 e. The van der Waals surface area contributed by atoms with Gasteiger partial charge in [0.15, 0.2) is 0 Å². The quantitative estimate of drug-likeness (QED) is 0.561. The monoisotopic (exact) mass is 541 g/mol. The van der Waals surface area contributed by atoms with E-state index in [4.69, 9.17) is 5.73 Å². The first-order chi connectivity index (χ1) is 18.6. The number of alkyl halides is 2. The van der Waals surface area contributed by atoms with Crippen LogP contribution in [0.3, 0.4) is 0 Å². The second kappa shape index (κ2) is 9.62. The summed E-state index contributed by atoms with van der Waals surface area (Å²) in [5.41, 5.74) is 8.00. The SMILES string of the molecule is Nc1nc(-c2ccc3c(c2F)CN([C@H]2CCC(=O)NC2=O)C3=O)ccc1CN1CC(C2CCC(F)(F)CC2)C1. The van der Waals surface area contributed by atoms with Crippen LogP contribution >= 0.6 is 0 Å². The molecule has 1 aliphatic carbocycles. The zero-order chi connectivity index (χ0) is 27.5. The highest BCUT2D eigenvalue weighted by molar-refractivity contribution is 6.05. The Kier molecular flexibility index (Phi) is 6.36. The number of benzene rings is 1. The van der Waals surface area contributed by atoms with Crippen molar-refractivity contribution in [1.29, 1.82) is 0 Å². The van der Waals surface area contributed by atoms with Gasteiger partial charge in [-0.1, -0.05) is 6.07 Å². The summed E-state index contributed by atoms with van der Waals surface area (Å²) in [6.45, 7) is 2.20. The van der Waals surface area contributed by atoms with Gasteiger partial charge in [-0.3, -0.25) is 24.6 Å². The van der Waals surface area contributed by atoms with Crippen molar-refractivity contribution in [3.63, 3.8) is 0 Å². The first-order valence-corrected chi connectivity index (χ1v) is 13.4. The van der Waals surface area contributed by atoms with Gasteiger partial charge in [-0.25, -0.2) is 18.2 Å². The van der Waals surface area contributed by atoms with Crippen LogP contribution in [0, 0.1) is 17.7 Å². The number of nitrogens with zero attached hydrogens (tertiary/aromatic N) is 3. The Balaban J connectivity index is 1.12. The number of hydrogen-bond donors (Lipinski definition) is 2. The molecule has 1 saturated carbocycles. The highest BCUT2D eigenvalue weighted by atomic mass is 19.3. The van der Waals surface area contributed by atoms with Crippen molar-refractivity contribution in [2.45, 2.75) is 63.6 Å². The molecule has 0 spiro atoms. The van der Waals surface area contributed by atoms with E-state index in [9.17, 15) is 23.2 Å². The Morgan fingerprint density at radius 1 is 1.00 bits per heavy atom. The molecule has 206 valence electrons. The van der Waals surface area contributed by atoms with Crippen LogP contribution in [-0.4, -0.2) is 57.6 Å². The van der Waals surface area contributed by atoms with E-state index in [1.54, 1.807) is 6.07 Å². The Bertz CT molecular complexity index is 1350. The van der Waals surface area contributed by atoms with Gasteiger partial charge in [0.2, 0.25) is 17.7 Å². The zero-order valence-electron chi connectivity index (χ0n) is 21.4. The van der Waals surface area contributed by atoms with Crippen molar-refractivity contribution in [3.8, 4) is 11.3 Å². The van der Waals surface area contributed by atoms with Gasteiger partial charge in [0.25, 0.3) is 5.91 Å². The lowest BCUT2D eigenvalue weighted by atomic mass is 9.75. The van der Waals surface area contributed by atoms with Crippen molar-refractivity contribution >= 4 is 23.5 Å². The van der Waals surface area contributed by atoms with Crippen molar-refractivity contribution in [2.75, 3.05) is 18.8 Å². The Morgan fingerprint density at radius 3 is 2.41 bits per heavy atom. The molecule has 3 aliphatic heterocycles. The molecule has 4 aliphatic rings. The van der Waals surface area contributed by atoms with E-state index >= 15 is 4.39 Å². The lowest BCUT2D eigenvalue weighted by molar-refractivity contribution is -0.136. The molecule has 0 radical (unpaired) electrons. The predicted octanol–water partition coefficient (Wildman–Crippen LogP) is 3.49. The molecule has 2 aromatic rings. The smallest absolute Gasteiger partial charge is 0.255 e. The van der Waals surface area contributed by atoms with Gasteiger partial charge >= 0.3 is 0 Å². The number of imide groups is 1. The fraction of sp³-hybridized carbons (Fsp3) is 0.500. The van der Waals surface area contributed by atoms with Crippen LogP contribution in [0.1, 0.15) is 60.0 Å². The van der Waals surface area contributed by atoms with E-state index in [1.807, 2.05) is 6.07 Å². The number of nitrogens with two attached hydrogens (primary N) is 1. The average molecular weight is 542 g/mol. The van der Waals surface area contributed by atoms with Crippen LogP contribution in [0.5, 0.6) is 0 Å². The molecule has 1 atom stereocenters. The first kappa shape index (κ1) is 25.8. The highest BCUT2D eigenvalue weighted by Crippen LogP contribution is 2.42. The molecule has 0 unspecified atom stereocenters. The number of anilines is 1. The number of rotatable bonds is 5. The maximum atomic E-state index is 15.6. The van der Waals surface area contributed by atoms with E-state index in [1.165, 1.54) is 17.0 Å². The lowest BCUT2D eigenvalue weighted by Crippen LogP contribution is -2.52. The van der Waals surface area contributed by atoms with Gasteiger partial charge in [-0.05, 0) is 49.3 Å². The third kappa shape index (κ3) is 4.77. The molecule has 2 saturated heterocycles. The van der Waals surface area contributed by atoms with Crippen molar-refractivity contribution in [2.24, 2.45) is 11.8 Å². The van der Waals surface area contributed by atoms with E-state index in [0.29, 0.717) is 36.9 Å². The van der Waals surface area contributed by atoms with E-state index in [2.05, 4.69) is 15.2 Å². The van der Waals surface area contributed by atoms with Crippen LogP contribution in [-0.2, 0) is 22.7 Å². The Hall–Kier alpha value is -3.47. The van der Waals surface area contributed by atoms with Crippen molar-refractivity contribution < 1.29 is 27.6 Å². The molecule has 1 aromatic heterocycles. The van der Waals surface area contributed by atoms with Gasteiger partial charge in [0.1, 0.15) is 17.7 Å². The zero-order valence-corrected chi connectivity index (χ0v) is 21.4. The molecule has 3 N–H and O–H groups in total. The van der Waals surface area contributed by atoms with Crippen LogP contribution < -0.4 is 11.1 Å². The molecule has 3 fully saturated rings. The number of fused-ring (bicyclic) bond motifs is 1. The number of likely N-dealkylation sites (tertiary alicyclic amines) is 1. The number of carbonyl (C=O) groups is 3. The number of piperidine rings is 1. The maximum Gasteiger partial charge on any atom is 0.255 e. The summed E-state index contributed by atoms with van der Waals surface area (Å²) >= 11 is 0. The Labute approximate surface area is 223 Å². The van der Waals surface area contributed by atoms with Crippen LogP contribution in [0.4, 0.5) is 19.0 Å². The van der Waals surface area contributed by atoms with Crippen LogP contribution in [0.15, 0.2) is 24.3 Å². The fourth-order valence-electron chi connectivity index (χ4n) is 6.40. The summed E-state index contributed by atoms with van der Waals surface area (Å²) < 4.78 is 42.6. The van der Waals surface area contributed by atoms with Gasteiger partial charge in [-0.15, -0.1) is 0 Å². The molecule has 8 nitrogen and oxygen atoms in total. The van der Waals surface area contributed by atoms with E-state index in [0.717, 1.165) is 18.7 Å². The molecule has 4 heterocycles. The third-order valence-electron chi connectivity index (χ3n) is 8.75.